The number of carbonyl (C=O) groups excluding carboxylic acids is 1. The number of likely N-dealkylation sites (tertiary alicyclic amines) is 1. The van der Waals surface area contributed by atoms with Crippen LogP contribution in [0, 0.1) is 5.92 Å². The van der Waals surface area contributed by atoms with Gasteiger partial charge in [0, 0.05) is 19.0 Å². The fourth-order valence-electron chi connectivity index (χ4n) is 2.25. The maximum absolute atomic E-state index is 12.0. The third kappa shape index (κ3) is 3.35. The number of carboxylic acid groups (broad SMARTS) is 1. The molecule has 1 rings (SSSR count). The first kappa shape index (κ1) is 14.8. The molecular formula is C12H22N2O4. The Balaban J connectivity index is 2.68. The summed E-state index contributed by atoms with van der Waals surface area (Å²) in [7, 11) is 0. The number of hydrogen-bond acceptors (Lipinski definition) is 3. The van der Waals surface area contributed by atoms with Gasteiger partial charge in [-0.05, 0) is 12.3 Å². The van der Waals surface area contributed by atoms with E-state index in [1.807, 2.05) is 20.8 Å². The predicted molar refractivity (Wildman–Crippen MR) is 66.2 cm³/mol. The Bertz CT molecular complexity index is 319. The second kappa shape index (κ2) is 6.04. The fraction of sp³-hybridized carbons (Fsp3) is 0.833. The number of carboxylic acids is 1. The second-order valence-corrected chi connectivity index (χ2v) is 5.10. The van der Waals surface area contributed by atoms with Gasteiger partial charge in [0.2, 0.25) is 0 Å². The van der Waals surface area contributed by atoms with Crippen LogP contribution in [0.3, 0.4) is 0 Å². The SMILES string of the molecule is CCC(NC(=O)N1C[C@H](O)C[C@H]1C(=O)O)C(C)C. The molecule has 1 aliphatic heterocycles. The summed E-state index contributed by atoms with van der Waals surface area (Å²) in [4.78, 5) is 24.2. The van der Waals surface area contributed by atoms with Crippen LogP contribution in [0.1, 0.15) is 33.6 Å². The molecule has 1 unspecified atom stereocenters. The second-order valence-electron chi connectivity index (χ2n) is 5.10. The minimum Gasteiger partial charge on any atom is -0.480 e. The number of β-amino-alcohol motifs (C(OH)–C–C–N with tert-alkyl or cyclic N) is 1. The molecule has 3 N–H and O–H groups in total. The van der Waals surface area contributed by atoms with Gasteiger partial charge in [-0.2, -0.15) is 0 Å². The normalized spacial score (nSPS) is 25.3. The molecule has 0 bridgehead atoms. The molecule has 1 heterocycles. The van der Waals surface area contributed by atoms with Gasteiger partial charge in [-0.15, -0.1) is 0 Å². The van der Waals surface area contributed by atoms with Gasteiger partial charge in [0.05, 0.1) is 6.10 Å². The molecule has 1 fully saturated rings. The number of amides is 2. The third-order valence-corrected chi connectivity index (χ3v) is 3.38. The first-order valence-electron chi connectivity index (χ1n) is 6.34. The van der Waals surface area contributed by atoms with Crippen LogP contribution in [-0.4, -0.2) is 51.8 Å². The Hall–Kier alpha value is -1.30. The van der Waals surface area contributed by atoms with E-state index in [0.29, 0.717) is 0 Å². The van der Waals surface area contributed by atoms with E-state index in [2.05, 4.69) is 5.32 Å². The molecule has 0 radical (unpaired) electrons. The molecule has 2 amide bonds. The first-order chi connectivity index (χ1) is 8.36. The minimum absolute atomic E-state index is 0.0182. The zero-order valence-electron chi connectivity index (χ0n) is 11.1. The summed E-state index contributed by atoms with van der Waals surface area (Å²) in [6, 6.07) is -1.31. The molecule has 0 aromatic carbocycles. The van der Waals surface area contributed by atoms with Crippen molar-refractivity contribution in [3.8, 4) is 0 Å². The van der Waals surface area contributed by atoms with E-state index < -0.39 is 24.1 Å². The number of urea groups is 1. The lowest BCUT2D eigenvalue weighted by molar-refractivity contribution is -0.141. The Kier molecular flexibility index (Phi) is 4.95. The molecule has 6 nitrogen and oxygen atoms in total. The molecule has 1 aliphatic rings. The molecule has 18 heavy (non-hydrogen) atoms. The minimum atomic E-state index is -1.07. The van der Waals surface area contributed by atoms with Gasteiger partial charge in [0.25, 0.3) is 0 Å². The molecule has 0 aromatic heterocycles. The molecule has 1 saturated heterocycles. The lowest BCUT2D eigenvalue weighted by Crippen LogP contribution is -2.50. The van der Waals surface area contributed by atoms with Crippen molar-refractivity contribution >= 4 is 12.0 Å². The fourth-order valence-corrected chi connectivity index (χ4v) is 2.25. The van der Waals surface area contributed by atoms with Crippen LogP contribution in [0.4, 0.5) is 4.79 Å². The highest BCUT2D eigenvalue weighted by atomic mass is 16.4. The van der Waals surface area contributed by atoms with E-state index in [1.54, 1.807) is 0 Å². The molecule has 6 heteroatoms. The number of hydrogen-bond donors (Lipinski definition) is 3. The summed E-state index contributed by atoms with van der Waals surface area (Å²) < 4.78 is 0. The van der Waals surface area contributed by atoms with Crippen LogP contribution in [0.15, 0.2) is 0 Å². The first-order valence-corrected chi connectivity index (χ1v) is 6.34. The number of carbonyl (C=O) groups is 2. The van der Waals surface area contributed by atoms with Crippen LogP contribution in [0.2, 0.25) is 0 Å². The van der Waals surface area contributed by atoms with E-state index in [0.717, 1.165) is 6.42 Å². The Labute approximate surface area is 107 Å². The lowest BCUT2D eigenvalue weighted by Gasteiger charge is -2.27. The zero-order chi connectivity index (χ0) is 13.9. The summed E-state index contributed by atoms with van der Waals surface area (Å²) in [5.74, 6) is -0.783. The molecule has 104 valence electrons. The van der Waals surface area contributed by atoms with Gasteiger partial charge in [-0.25, -0.2) is 9.59 Å². The van der Waals surface area contributed by atoms with Gasteiger partial charge in [0.1, 0.15) is 6.04 Å². The van der Waals surface area contributed by atoms with Gasteiger partial charge in [-0.3, -0.25) is 0 Å². The van der Waals surface area contributed by atoms with Crippen molar-refractivity contribution in [3.63, 3.8) is 0 Å². The number of rotatable bonds is 4. The van der Waals surface area contributed by atoms with Crippen molar-refractivity contribution in [2.45, 2.75) is 51.8 Å². The van der Waals surface area contributed by atoms with Gasteiger partial charge in [-0.1, -0.05) is 20.8 Å². The van der Waals surface area contributed by atoms with Crippen molar-refractivity contribution in [2.24, 2.45) is 5.92 Å². The zero-order valence-corrected chi connectivity index (χ0v) is 11.1. The quantitative estimate of drug-likeness (QED) is 0.690. The maximum Gasteiger partial charge on any atom is 0.326 e. The highest BCUT2D eigenvalue weighted by molar-refractivity contribution is 5.83. The van der Waals surface area contributed by atoms with Crippen LogP contribution in [0.25, 0.3) is 0 Å². The van der Waals surface area contributed by atoms with Crippen molar-refractivity contribution < 1.29 is 19.8 Å². The average molecular weight is 258 g/mol. The molecule has 0 aromatic rings. The Morgan fingerprint density at radius 3 is 2.50 bits per heavy atom. The molecule has 0 saturated carbocycles. The van der Waals surface area contributed by atoms with Crippen molar-refractivity contribution in [2.75, 3.05) is 6.54 Å². The van der Waals surface area contributed by atoms with Crippen molar-refractivity contribution in [1.82, 2.24) is 10.2 Å². The number of aliphatic hydroxyl groups is 1. The summed E-state index contributed by atoms with van der Waals surface area (Å²) in [5.41, 5.74) is 0. The van der Waals surface area contributed by atoms with E-state index in [9.17, 15) is 14.7 Å². The standard InChI is InChI=1S/C12H22N2O4/c1-4-9(7(2)3)13-12(18)14-6-8(15)5-10(14)11(16)17/h7-10,15H,4-6H2,1-3H3,(H,13,18)(H,16,17)/t8-,9?,10+/m1/s1. The smallest absolute Gasteiger partial charge is 0.326 e. The van der Waals surface area contributed by atoms with Crippen LogP contribution >= 0.6 is 0 Å². The van der Waals surface area contributed by atoms with E-state index in [4.69, 9.17) is 5.11 Å². The number of aliphatic carboxylic acids is 1. The maximum atomic E-state index is 12.0. The summed E-state index contributed by atoms with van der Waals surface area (Å²) in [6.45, 7) is 6.06. The van der Waals surface area contributed by atoms with Crippen molar-refractivity contribution in [3.05, 3.63) is 0 Å². The van der Waals surface area contributed by atoms with Crippen LogP contribution < -0.4 is 5.32 Å². The predicted octanol–water partition coefficient (Wildman–Crippen LogP) is 0.650. The van der Waals surface area contributed by atoms with Gasteiger partial charge >= 0.3 is 12.0 Å². The van der Waals surface area contributed by atoms with Gasteiger partial charge < -0.3 is 20.4 Å². The average Bonchev–Trinajstić information content (AvgIpc) is 2.67. The summed E-state index contributed by atoms with van der Waals surface area (Å²) >= 11 is 0. The summed E-state index contributed by atoms with van der Waals surface area (Å²) in [5, 5.41) is 21.3. The number of nitrogens with zero attached hydrogens (tertiary/aromatic N) is 1. The van der Waals surface area contributed by atoms with E-state index >= 15 is 0 Å². The third-order valence-electron chi connectivity index (χ3n) is 3.38. The number of aliphatic hydroxyl groups excluding tert-OH is 1. The van der Waals surface area contributed by atoms with Crippen LogP contribution in [-0.2, 0) is 4.79 Å². The largest absolute Gasteiger partial charge is 0.480 e. The topological polar surface area (TPSA) is 89.9 Å². The van der Waals surface area contributed by atoms with Crippen LogP contribution in [0.5, 0.6) is 0 Å². The Morgan fingerprint density at radius 2 is 2.06 bits per heavy atom. The highest BCUT2D eigenvalue weighted by Crippen LogP contribution is 2.19. The summed E-state index contributed by atoms with van der Waals surface area (Å²) in [6.07, 6.45) is 0.134. The lowest BCUT2D eigenvalue weighted by atomic mass is 10.0. The molecule has 3 atom stereocenters. The molecular weight excluding hydrogens is 236 g/mol. The van der Waals surface area contributed by atoms with E-state index in [-0.39, 0.29) is 24.9 Å². The molecule has 0 aliphatic carbocycles. The van der Waals surface area contributed by atoms with Crippen molar-refractivity contribution in [1.29, 1.82) is 0 Å². The Morgan fingerprint density at radius 1 is 1.44 bits per heavy atom. The highest BCUT2D eigenvalue weighted by Gasteiger charge is 2.39. The molecule has 0 spiro atoms. The monoisotopic (exact) mass is 258 g/mol. The van der Waals surface area contributed by atoms with E-state index in [1.165, 1.54) is 4.90 Å². The number of nitrogens with one attached hydrogen (secondary N) is 1. The van der Waals surface area contributed by atoms with Gasteiger partial charge in [0.15, 0.2) is 0 Å².